The summed E-state index contributed by atoms with van der Waals surface area (Å²) >= 11 is 0. The summed E-state index contributed by atoms with van der Waals surface area (Å²) < 4.78 is 26.1. The van der Waals surface area contributed by atoms with Gasteiger partial charge in [-0.1, -0.05) is 6.42 Å². The van der Waals surface area contributed by atoms with Gasteiger partial charge in [-0.2, -0.15) is 0 Å². The van der Waals surface area contributed by atoms with Crippen LogP contribution in [0.2, 0.25) is 0 Å². The maximum absolute atomic E-state index is 13.0. The number of nitrogens with one attached hydrogen (secondary N) is 1. The van der Waals surface area contributed by atoms with Crippen molar-refractivity contribution in [2.75, 3.05) is 6.54 Å². The van der Waals surface area contributed by atoms with Gasteiger partial charge in [-0.25, -0.2) is 8.78 Å². The highest BCUT2D eigenvalue weighted by atomic mass is 19.1. The zero-order valence-corrected chi connectivity index (χ0v) is 10.7. The first-order valence-corrected chi connectivity index (χ1v) is 6.86. The molecule has 2 saturated carbocycles. The second kappa shape index (κ2) is 4.91. The Kier molecular flexibility index (Phi) is 3.25. The van der Waals surface area contributed by atoms with Gasteiger partial charge in [0.15, 0.2) is 0 Å². The van der Waals surface area contributed by atoms with E-state index in [1.807, 2.05) is 0 Å². The zero-order valence-electron chi connectivity index (χ0n) is 10.7. The summed E-state index contributed by atoms with van der Waals surface area (Å²) in [5.74, 6) is 0.283. The fraction of sp³-hybridized carbons (Fsp3) is 0.533. The van der Waals surface area contributed by atoms with Crippen LogP contribution in [0.1, 0.15) is 36.0 Å². The third-order valence-corrected chi connectivity index (χ3v) is 4.53. The molecule has 1 N–H and O–H groups in total. The first kappa shape index (κ1) is 12.6. The molecule has 0 saturated heterocycles. The normalized spacial score (nSPS) is 28.6. The Bertz CT molecular complexity index is 483. The molecule has 0 radical (unpaired) electrons. The number of carbonyl (C=O) groups excluding carboxylic acids is 1. The van der Waals surface area contributed by atoms with Crippen molar-refractivity contribution in [3.63, 3.8) is 0 Å². The van der Waals surface area contributed by atoms with Crippen molar-refractivity contribution in [2.24, 2.45) is 17.8 Å². The standard InChI is InChI=1S/C15H17F2NO/c16-13-5-11(6-14(17)7-13)15(19)18-8-12-4-9-1-2-10(12)3-9/h5-7,9-10,12H,1-4,8H2,(H,18,19)/t9-,10+,12-/m0/s1. The van der Waals surface area contributed by atoms with Gasteiger partial charge in [-0.3, -0.25) is 4.79 Å². The van der Waals surface area contributed by atoms with Crippen LogP contribution in [-0.2, 0) is 0 Å². The van der Waals surface area contributed by atoms with Crippen LogP contribution in [0.3, 0.4) is 0 Å². The molecule has 0 aliphatic heterocycles. The van der Waals surface area contributed by atoms with Crippen LogP contribution < -0.4 is 5.32 Å². The summed E-state index contributed by atoms with van der Waals surface area (Å²) in [6.45, 7) is 0.623. The highest BCUT2D eigenvalue weighted by Crippen LogP contribution is 2.47. The van der Waals surface area contributed by atoms with Crippen LogP contribution >= 0.6 is 0 Å². The lowest BCUT2D eigenvalue weighted by Gasteiger charge is -2.21. The number of amides is 1. The SMILES string of the molecule is O=C(NC[C@@H]1C[C@H]2CC[C@@H]1C2)c1cc(F)cc(F)c1. The minimum absolute atomic E-state index is 0.0562. The summed E-state index contributed by atoms with van der Waals surface area (Å²) in [5, 5.41) is 2.81. The number of halogens is 2. The highest BCUT2D eigenvalue weighted by molar-refractivity contribution is 5.94. The number of fused-ring (bicyclic) bond motifs is 2. The van der Waals surface area contributed by atoms with E-state index < -0.39 is 11.6 Å². The van der Waals surface area contributed by atoms with E-state index in [0.29, 0.717) is 12.5 Å². The monoisotopic (exact) mass is 265 g/mol. The molecule has 3 atom stereocenters. The van der Waals surface area contributed by atoms with Crippen LogP contribution in [0.5, 0.6) is 0 Å². The predicted octanol–water partition coefficient (Wildman–Crippen LogP) is 3.13. The molecule has 0 aromatic heterocycles. The second-order valence-corrected chi connectivity index (χ2v) is 5.80. The lowest BCUT2D eigenvalue weighted by molar-refractivity contribution is 0.0941. The third kappa shape index (κ3) is 2.62. The van der Waals surface area contributed by atoms with Crippen molar-refractivity contribution in [1.82, 2.24) is 5.32 Å². The van der Waals surface area contributed by atoms with E-state index >= 15 is 0 Å². The first-order chi connectivity index (χ1) is 9.11. The van der Waals surface area contributed by atoms with Crippen LogP contribution in [0.15, 0.2) is 18.2 Å². The van der Waals surface area contributed by atoms with E-state index in [9.17, 15) is 13.6 Å². The van der Waals surface area contributed by atoms with Crippen molar-refractivity contribution in [3.05, 3.63) is 35.4 Å². The molecule has 2 aliphatic carbocycles. The van der Waals surface area contributed by atoms with Gasteiger partial charge in [0.2, 0.25) is 0 Å². The Balaban J connectivity index is 1.59. The number of benzene rings is 1. The number of rotatable bonds is 3. The fourth-order valence-corrected chi connectivity index (χ4v) is 3.64. The number of hydrogen-bond acceptors (Lipinski definition) is 1. The quantitative estimate of drug-likeness (QED) is 0.893. The van der Waals surface area contributed by atoms with E-state index in [1.165, 1.54) is 25.7 Å². The number of hydrogen-bond donors (Lipinski definition) is 1. The second-order valence-electron chi connectivity index (χ2n) is 5.80. The third-order valence-electron chi connectivity index (χ3n) is 4.53. The Labute approximate surface area is 111 Å². The lowest BCUT2D eigenvalue weighted by atomic mass is 9.89. The van der Waals surface area contributed by atoms with Crippen LogP contribution in [0.25, 0.3) is 0 Å². The molecule has 2 fully saturated rings. The maximum Gasteiger partial charge on any atom is 0.251 e. The first-order valence-electron chi connectivity index (χ1n) is 6.86. The van der Waals surface area contributed by atoms with Crippen molar-refractivity contribution in [2.45, 2.75) is 25.7 Å². The molecular weight excluding hydrogens is 248 g/mol. The zero-order chi connectivity index (χ0) is 13.4. The van der Waals surface area contributed by atoms with Crippen molar-refractivity contribution in [1.29, 1.82) is 0 Å². The molecule has 19 heavy (non-hydrogen) atoms. The molecule has 0 heterocycles. The molecular formula is C15H17F2NO. The molecule has 1 aromatic rings. The van der Waals surface area contributed by atoms with Gasteiger partial charge in [0.25, 0.3) is 5.91 Å². The molecule has 3 rings (SSSR count). The molecule has 0 spiro atoms. The molecule has 0 unspecified atom stereocenters. The minimum Gasteiger partial charge on any atom is -0.352 e. The summed E-state index contributed by atoms with van der Waals surface area (Å²) in [4.78, 5) is 11.9. The maximum atomic E-state index is 13.0. The Morgan fingerprint density at radius 1 is 1.16 bits per heavy atom. The van der Waals surface area contributed by atoms with E-state index in [0.717, 1.165) is 30.0 Å². The minimum atomic E-state index is -0.718. The van der Waals surface area contributed by atoms with Gasteiger partial charge in [0.05, 0.1) is 0 Å². The summed E-state index contributed by atoms with van der Waals surface area (Å²) in [7, 11) is 0. The lowest BCUT2D eigenvalue weighted by Crippen LogP contribution is -2.31. The molecule has 102 valence electrons. The van der Waals surface area contributed by atoms with E-state index in [-0.39, 0.29) is 11.5 Å². The van der Waals surface area contributed by atoms with Gasteiger partial charge >= 0.3 is 0 Å². The average molecular weight is 265 g/mol. The molecule has 1 aromatic carbocycles. The Morgan fingerprint density at radius 2 is 1.89 bits per heavy atom. The van der Waals surface area contributed by atoms with Gasteiger partial charge in [-0.15, -0.1) is 0 Å². The summed E-state index contributed by atoms with van der Waals surface area (Å²) in [6, 6.07) is 2.91. The Hall–Kier alpha value is -1.45. The average Bonchev–Trinajstić information content (AvgIpc) is 2.96. The van der Waals surface area contributed by atoms with Crippen molar-refractivity contribution in [3.8, 4) is 0 Å². The van der Waals surface area contributed by atoms with E-state index in [4.69, 9.17) is 0 Å². The number of carbonyl (C=O) groups is 1. The van der Waals surface area contributed by atoms with Gasteiger partial charge in [0.1, 0.15) is 11.6 Å². The van der Waals surface area contributed by atoms with Gasteiger partial charge < -0.3 is 5.32 Å². The molecule has 2 bridgehead atoms. The predicted molar refractivity (Wildman–Crippen MR) is 67.6 cm³/mol. The molecule has 2 aliphatic rings. The van der Waals surface area contributed by atoms with Crippen molar-refractivity contribution < 1.29 is 13.6 Å². The molecule has 2 nitrogen and oxygen atoms in total. The van der Waals surface area contributed by atoms with E-state index in [2.05, 4.69) is 5.32 Å². The smallest absolute Gasteiger partial charge is 0.251 e. The van der Waals surface area contributed by atoms with Gasteiger partial charge in [-0.05, 0) is 49.1 Å². The Morgan fingerprint density at radius 3 is 2.47 bits per heavy atom. The topological polar surface area (TPSA) is 29.1 Å². The molecule has 1 amide bonds. The summed E-state index contributed by atoms with van der Waals surface area (Å²) in [6.07, 6.45) is 5.06. The highest BCUT2D eigenvalue weighted by Gasteiger charge is 2.39. The van der Waals surface area contributed by atoms with Crippen LogP contribution in [-0.4, -0.2) is 12.5 Å². The van der Waals surface area contributed by atoms with Crippen LogP contribution in [0.4, 0.5) is 8.78 Å². The van der Waals surface area contributed by atoms with Gasteiger partial charge in [0, 0.05) is 18.2 Å². The largest absolute Gasteiger partial charge is 0.352 e. The molecule has 4 heteroatoms. The van der Waals surface area contributed by atoms with Crippen LogP contribution in [0, 0.1) is 29.4 Å². The van der Waals surface area contributed by atoms with Crippen molar-refractivity contribution >= 4 is 5.91 Å². The summed E-state index contributed by atoms with van der Waals surface area (Å²) in [5.41, 5.74) is 0.0562. The van der Waals surface area contributed by atoms with E-state index in [1.54, 1.807) is 0 Å². The fourth-order valence-electron chi connectivity index (χ4n) is 3.64.